The normalized spacial score (nSPS) is 15.7. The summed E-state index contributed by atoms with van der Waals surface area (Å²) < 4.78 is 25.1. The third kappa shape index (κ3) is 10.2. The maximum Gasteiger partial charge on any atom is 0.338 e. The van der Waals surface area contributed by atoms with Gasteiger partial charge in [0.2, 0.25) is 0 Å². The molecule has 2 aliphatic rings. The molecule has 3 aromatic rings. The first-order chi connectivity index (χ1) is 22.5. The maximum absolute atomic E-state index is 14.4. The molecule has 1 aromatic heterocycles. The van der Waals surface area contributed by atoms with Crippen molar-refractivity contribution in [2.24, 2.45) is 11.8 Å². The molecule has 0 bridgehead atoms. The Kier molecular flexibility index (Phi) is 13.1. The first kappa shape index (κ1) is 36.2. The van der Waals surface area contributed by atoms with E-state index in [-0.39, 0.29) is 35.5 Å². The lowest BCUT2D eigenvalue weighted by Gasteiger charge is -2.34. The van der Waals surface area contributed by atoms with Gasteiger partial charge in [-0.15, -0.1) is 11.3 Å². The second-order valence-corrected chi connectivity index (χ2v) is 13.8. The topological polar surface area (TPSA) is 102 Å². The van der Waals surface area contributed by atoms with Crippen LogP contribution in [0.4, 0.5) is 10.1 Å². The van der Waals surface area contributed by atoms with Gasteiger partial charge in [-0.3, -0.25) is 19.4 Å². The molecule has 1 aliphatic carbocycles. The van der Waals surface area contributed by atoms with Crippen molar-refractivity contribution in [3.05, 3.63) is 82.0 Å². The van der Waals surface area contributed by atoms with E-state index in [0.717, 1.165) is 44.3 Å². The first-order valence-corrected chi connectivity index (χ1v) is 17.4. The molecule has 254 valence electrons. The summed E-state index contributed by atoms with van der Waals surface area (Å²) in [6.45, 7) is 13.7. The fourth-order valence-corrected chi connectivity index (χ4v) is 7.09. The van der Waals surface area contributed by atoms with Crippen molar-refractivity contribution in [3.8, 4) is 5.06 Å². The number of likely N-dealkylation sites (N-methyl/N-ethyl adjacent to an activating group) is 1. The average molecular weight is 666 g/mol. The van der Waals surface area contributed by atoms with Crippen LogP contribution in [0.25, 0.3) is 0 Å². The summed E-state index contributed by atoms with van der Waals surface area (Å²) in [7, 11) is 0. The fraction of sp³-hybridized carbons (Fsp3) is 0.486. The van der Waals surface area contributed by atoms with Crippen molar-refractivity contribution >= 4 is 34.7 Å². The van der Waals surface area contributed by atoms with Gasteiger partial charge in [-0.05, 0) is 86.7 Å². The van der Waals surface area contributed by atoms with Crippen LogP contribution < -0.4 is 10.5 Å². The molecule has 1 saturated carbocycles. The molecule has 1 aliphatic heterocycles. The molecule has 2 aromatic carbocycles. The van der Waals surface area contributed by atoms with Gasteiger partial charge in [0.05, 0.1) is 11.6 Å². The molecule has 2 N–H and O–H groups in total. The van der Waals surface area contributed by atoms with Crippen LogP contribution in [0.5, 0.6) is 5.06 Å². The Hall–Kier alpha value is -3.60. The number of nitrogens with two attached hydrogens (primary N) is 1. The van der Waals surface area contributed by atoms with Crippen molar-refractivity contribution < 1.29 is 28.2 Å². The molecular weight excluding hydrogens is 617 g/mol. The van der Waals surface area contributed by atoms with Crippen molar-refractivity contribution in [2.75, 3.05) is 32.0 Å². The quantitative estimate of drug-likeness (QED) is 0.153. The van der Waals surface area contributed by atoms with Crippen LogP contribution in [0.1, 0.15) is 86.3 Å². The SMILES string of the molecule is CC(=O)Oc1cc2c(s1)CCN(C(C(=O)C1CC1)c1ccccc1F)C2.CCN(CC)C(COC(=O)c1ccc(N)cc1)CC(C)C. The molecule has 0 spiro atoms. The predicted molar refractivity (Wildman–Crippen MR) is 184 cm³/mol. The van der Waals surface area contributed by atoms with E-state index in [0.29, 0.717) is 47.5 Å². The van der Waals surface area contributed by atoms with E-state index in [1.807, 2.05) is 6.07 Å². The monoisotopic (exact) mass is 665 g/mol. The lowest BCUT2D eigenvalue weighted by molar-refractivity contribution is -0.131. The highest BCUT2D eigenvalue weighted by atomic mass is 32.1. The lowest BCUT2D eigenvalue weighted by Crippen LogP contribution is -2.40. The molecule has 47 heavy (non-hydrogen) atoms. The van der Waals surface area contributed by atoms with Gasteiger partial charge < -0.3 is 15.2 Å². The highest BCUT2D eigenvalue weighted by Gasteiger charge is 2.40. The molecule has 2 heterocycles. The minimum absolute atomic E-state index is 0.0556. The third-order valence-electron chi connectivity index (χ3n) is 8.56. The number of thiophene rings is 1. The number of rotatable bonds is 13. The standard InChI is InChI=1S/C20H20FNO3S.C17H28N2O2/c1-12(23)25-18-10-14-11-22(9-8-17(14)26-18)19(20(24)13-6-7-13)15-4-2-3-5-16(15)21;1-5-19(6-2)16(11-13(3)4)12-21-17(20)14-7-9-15(18)10-8-14/h2-5,10,13,19H,6-9,11H2,1H3;7-10,13,16H,5-6,11-12,18H2,1-4H3. The second kappa shape index (κ2) is 17.0. The van der Waals surface area contributed by atoms with Gasteiger partial charge >= 0.3 is 11.9 Å². The number of nitrogens with zero attached hydrogens (tertiary/aromatic N) is 2. The van der Waals surface area contributed by atoms with Gasteiger partial charge in [0, 0.05) is 48.1 Å². The van der Waals surface area contributed by atoms with E-state index in [9.17, 15) is 18.8 Å². The Bertz CT molecular complexity index is 1500. The Labute approximate surface area is 282 Å². The van der Waals surface area contributed by atoms with Crippen LogP contribution in [0.3, 0.4) is 0 Å². The number of esters is 2. The fourth-order valence-electron chi connectivity index (χ4n) is 6.04. The Morgan fingerprint density at radius 1 is 1.06 bits per heavy atom. The number of halogens is 1. The van der Waals surface area contributed by atoms with Crippen molar-refractivity contribution in [1.82, 2.24) is 9.80 Å². The maximum atomic E-state index is 14.4. The zero-order valence-corrected chi connectivity index (χ0v) is 29.0. The van der Waals surface area contributed by atoms with E-state index in [1.54, 1.807) is 42.5 Å². The number of ketones is 1. The molecular formula is C37H48FN3O5S. The zero-order chi connectivity index (χ0) is 34.1. The number of fused-ring (bicyclic) bond motifs is 1. The van der Waals surface area contributed by atoms with Crippen molar-refractivity contribution in [3.63, 3.8) is 0 Å². The van der Waals surface area contributed by atoms with E-state index in [2.05, 4.69) is 37.5 Å². The summed E-state index contributed by atoms with van der Waals surface area (Å²) in [6, 6.07) is 15.0. The van der Waals surface area contributed by atoms with Crippen molar-refractivity contribution in [2.45, 2.75) is 78.9 Å². The van der Waals surface area contributed by atoms with Crippen LogP contribution in [-0.4, -0.2) is 59.8 Å². The molecule has 1 fully saturated rings. The number of Topliss-reactive ketones (excluding diaryl/α,β-unsaturated/α-hetero) is 1. The largest absolute Gasteiger partial charge is 0.460 e. The van der Waals surface area contributed by atoms with Gasteiger partial charge in [0.1, 0.15) is 12.4 Å². The van der Waals surface area contributed by atoms with E-state index >= 15 is 0 Å². The van der Waals surface area contributed by atoms with E-state index in [4.69, 9.17) is 15.2 Å². The molecule has 0 amide bonds. The summed E-state index contributed by atoms with van der Waals surface area (Å²) in [6.07, 6.45) is 3.59. The van der Waals surface area contributed by atoms with Crippen LogP contribution >= 0.6 is 11.3 Å². The minimum Gasteiger partial charge on any atom is -0.460 e. The van der Waals surface area contributed by atoms with Gasteiger partial charge in [-0.25, -0.2) is 9.18 Å². The summed E-state index contributed by atoms with van der Waals surface area (Å²) in [5, 5.41) is 0.584. The predicted octanol–water partition coefficient (Wildman–Crippen LogP) is 7.07. The number of carbonyl (C=O) groups is 3. The Balaban J connectivity index is 0.000000219. The van der Waals surface area contributed by atoms with Crippen LogP contribution in [0, 0.1) is 17.7 Å². The van der Waals surface area contributed by atoms with Gasteiger partial charge in [-0.1, -0.05) is 45.9 Å². The first-order valence-electron chi connectivity index (χ1n) is 16.6. The number of ether oxygens (including phenoxy) is 2. The summed E-state index contributed by atoms with van der Waals surface area (Å²) in [5.74, 6) is -0.201. The molecule has 0 saturated heterocycles. The van der Waals surface area contributed by atoms with E-state index in [1.165, 1.54) is 29.2 Å². The highest BCUT2D eigenvalue weighted by molar-refractivity contribution is 7.14. The van der Waals surface area contributed by atoms with Gasteiger partial charge in [-0.2, -0.15) is 0 Å². The number of hydrogen-bond donors (Lipinski definition) is 1. The summed E-state index contributed by atoms with van der Waals surface area (Å²) in [4.78, 5) is 41.8. The lowest BCUT2D eigenvalue weighted by atomic mass is 9.95. The summed E-state index contributed by atoms with van der Waals surface area (Å²) >= 11 is 1.47. The van der Waals surface area contributed by atoms with Crippen LogP contribution in [-0.2, 0) is 27.3 Å². The highest BCUT2D eigenvalue weighted by Crippen LogP contribution is 2.41. The van der Waals surface area contributed by atoms with Gasteiger partial charge in [0.25, 0.3) is 0 Å². The molecule has 0 radical (unpaired) electrons. The van der Waals surface area contributed by atoms with Crippen molar-refractivity contribution in [1.29, 1.82) is 0 Å². The smallest absolute Gasteiger partial charge is 0.338 e. The average Bonchev–Trinajstić information content (AvgIpc) is 3.81. The molecule has 2 atom stereocenters. The number of anilines is 1. The van der Waals surface area contributed by atoms with Crippen LogP contribution in [0.2, 0.25) is 0 Å². The number of benzene rings is 2. The van der Waals surface area contributed by atoms with E-state index < -0.39 is 6.04 Å². The number of hydrogen-bond acceptors (Lipinski definition) is 9. The second-order valence-electron chi connectivity index (χ2n) is 12.7. The molecule has 8 nitrogen and oxygen atoms in total. The third-order valence-corrected chi connectivity index (χ3v) is 9.67. The van der Waals surface area contributed by atoms with Crippen LogP contribution in [0.15, 0.2) is 54.6 Å². The van der Waals surface area contributed by atoms with Gasteiger partial charge in [0.15, 0.2) is 10.8 Å². The Morgan fingerprint density at radius 2 is 1.74 bits per heavy atom. The molecule has 2 unspecified atom stereocenters. The molecule has 5 rings (SSSR count). The Morgan fingerprint density at radius 3 is 2.34 bits per heavy atom. The number of carbonyl (C=O) groups excluding carboxylic acids is 3. The molecule has 10 heteroatoms. The number of nitrogen functional groups attached to an aromatic ring is 1. The summed E-state index contributed by atoms with van der Waals surface area (Å²) in [5.41, 5.74) is 8.33. The minimum atomic E-state index is -0.547. The zero-order valence-electron chi connectivity index (χ0n) is 28.2.